The number of para-hydroxylation sites is 1. The Hall–Kier alpha value is -3.44. The Morgan fingerprint density at radius 1 is 0.833 bits per heavy atom. The number of ether oxygens (including phenoxy) is 4. The van der Waals surface area contributed by atoms with Crippen LogP contribution in [0.2, 0.25) is 0 Å². The summed E-state index contributed by atoms with van der Waals surface area (Å²) in [6.07, 6.45) is 0. The van der Waals surface area contributed by atoms with Crippen LogP contribution in [0.25, 0.3) is 10.8 Å². The van der Waals surface area contributed by atoms with Crippen molar-refractivity contribution in [2.45, 2.75) is 13.2 Å². The lowest BCUT2D eigenvalue weighted by molar-refractivity contribution is 0.134. The molecule has 4 heteroatoms. The summed E-state index contributed by atoms with van der Waals surface area (Å²) in [7, 11) is 3.32. The minimum atomic E-state index is 0.302. The number of hydrogen-bond acceptors (Lipinski definition) is 4. The summed E-state index contributed by atoms with van der Waals surface area (Å²) in [4.78, 5) is 0. The topological polar surface area (TPSA) is 36.9 Å². The van der Waals surface area contributed by atoms with Gasteiger partial charge in [0.25, 0.3) is 0 Å². The van der Waals surface area contributed by atoms with E-state index in [0.717, 1.165) is 39.0 Å². The van der Waals surface area contributed by atoms with Gasteiger partial charge in [0.1, 0.15) is 24.7 Å². The molecule has 1 aliphatic heterocycles. The van der Waals surface area contributed by atoms with Gasteiger partial charge in [-0.25, -0.2) is 0 Å². The Labute approximate surface area is 176 Å². The zero-order valence-electron chi connectivity index (χ0n) is 17.1. The van der Waals surface area contributed by atoms with Crippen LogP contribution in [-0.2, 0) is 22.7 Å². The van der Waals surface area contributed by atoms with Crippen LogP contribution in [0.4, 0.5) is 0 Å². The Kier molecular flexibility index (Phi) is 6.20. The van der Waals surface area contributed by atoms with E-state index in [4.69, 9.17) is 18.9 Å². The molecule has 0 spiro atoms. The minimum Gasteiger partial charge on any atom is -0.496 e. The predicted octanol–water partition coefficient (Wildman–Crippen LogP) is 4.31. The fraction of sp³-hybridized carbons (Fsp3) is 0.231. The lowest BCUT2D eigenvalue weighted by atomic mass is 9.95. The summed E-state index contributed by atoms with van der Waals surface area (Å²) in [6.45, 7) is 1.79. The van der Waals surface area contributed by atoms with E-state index in [9.17, 15) is 0 Å². The van der Waals surface area contributed by atoms with E-state index in [2.05, 4.69) is 35.8 Å². The molecule has 0 atom stereocenters. The summed E-state index contributed by atoms with van der Waals surface area (Å²) < 4.78 is 22.1. The average molecular weight is 398 g/mol. The molecule has 0 bridgehead atoms. The van der Waals surface area contributed by atoms with Crippen LogP contribution in [0, 0.1) is 23.7 Å². The van der Waals surface area contributed by atoms with Crippen LogP contribution < -0.4 is 9.47 Å². The van der Waals surface area contributed by atoms with Crippen LogP contribution in [-0.4, -0.2) is 27.4 Å². The molecular weight excluding hydrogens is 376 g/mol. The molecule has 0 aromatic heterocycles. The molecule has 0 saturated carbocycles. The van der Waals surface area contributed by atoms with Crippen LogP contribution in [0.1, 0.15) is 22.3 Å². The first-order valence-electron chi connectivity index (χ1n) is 9.69. The van der Waals surface area contributed by atoms with Gasteiger partial charge >= 0.3 is 0 Å². The summed E-state index contributed by atoms with van der Waals surface area (Å²) in [5.74, 6) is 14.1. The Morgan fingerprint density at radius 3 is 2.43 bits per heavy atom. The molecule has 3 aromatic carbocycles. The largest absolute Gasteiger partial charge is 0.496 e. The minimum absolute atomic E-state index is 0.302. The average Bonchev–Trinajstić information content (AvgIpc) is 3.26. The van der Waals surface area contributed by atoms with E-state index < -0.39 is 0 Å². The van der Waals surface area contributed by atoms with Gasteiger partial charge in [-0.3, -0.25) is 0 Å². The first kappa shape index (κ1) is 19.9. The van der Waals surface area contributed by atoms with E-state index in [1.54, 1.807) is 14.2 Å². The number of fused-ring (bicyclic) bond motifs is 2. The first-order chi connectivity index (χ1) is 14.8. The van der Waals surface area contributed by atoms with Crippen molar-refractivity contribution < 1.29 is 18.9 Å². The van der Waals surface area contributed by atoms with Crippen LogP contribution in [0.15, 0.2) is 48.5 Å². The molecule has 0 radical (unpaired) electrons. The zero-order valence-corrected chi connectivity index (χ0v) is 17.1. The van der Waals surface area contributed by atoms with Gasteiger partial charge in [-0.2, -0.15) is 0 Å². The smallest absolute Gasteiger partial charge is 0.134 e. The van der Waals surface area contributed by atoms with Gasteiger partial charge in [0.05, 0.1) is 33.0 Å². The molecule has 150 valence electrons. The van der Waals surface area contributed by atoms with Gasteiger partial charge in [0.2, 0.25) is 0 Å². The quantitative estimate of drug-likeness (QED) is 0.485. The van der Waals surface area contributed by atoms with Crippen molar-refractivity contribution in [1.29, 1.82) is 0 Å². The van der Waals surface area contributed by atoms with E-state index in [1.165, 1.54) is 5.56 Å². The molecule has 0 fully saturated rings. The lowest BCUT2D eigenvalue weighted by Crippen LogP contribution is -1.95. The van der Waals surface area contributed by atoms with E-state index >= 15 is 0 Å². The van der Waals surface area contributed by atoms with E-state index in [1.807, 2.05) is 36.4 Å². The molecule has 1 aliphatic rings. The summed E-state index contributed by atoms with van der Waals surface area (Å²) >= 11 is 0. The standard InChI is InChI=1S/C26H22O4/c1-27-25-12-4-3-8-19(25)9-6-14-29-15-7-11-22-21-10-5-13-26(28-2)23(21)16-20-17-30-18-24(20)22/h3-5,8,10,12-13,16H,14-15,17-18H2,1-2H3. The molecule has 30 heavy (non-hydrogen) atoms. The van der Waals surface area contributed by atoms with Gasteiger partial charge < -0.3 is 18.9 Å². The third-order valence-corrected chi connectivity index (χ3v) is 4.96. The van der Waals surface area contributed by atoms with E-state index in [-0.39, 0.29) is 0 Å². The van der Waals surface area contributed by atoms with Crippen molar-refractivity contribution in [2.75, 3.05) is 27.4 Å². The number of methoxy groups -OCH3 is 2. The fourth-order valence-corrected chi connectivity index (χ4v) is 3.53. The molecule has 0 N–H and O–H groups in total. The molecule has 0 aliphatic carbocycles. The summed E-state index contributed by atoms with van der Waals surface area (Å²) in [6, 6.07) is 15.8. The maximum absolute atomic E-state index is 5.65. The van der Waals surface area contributed by atoms with Gasteiger partial charge in [0.15, 0.2) is 0 Å². The maximum Gasteiger partial charge on any atom is 0.134 e. The molecule has 4 nitrogen and oxygen atoms in total. The highest BCUT2D eigenvalue weighted by Gasteiger charge is 2.19. The molecule has 3 aromatic rings. The Morgan fingerprint density at radius 2 is 1.60 bits per heavy atom. The monoisotopic (exact) mass is 398 g/mol. The molecular formula is C26H22O4. The lowest BCUT2D eigenvalue weighted by Gasteiger charge is -2.10. The molecule has 0 amide bonds. The highest BCUT2D eigenvalue weighted by atomic mass is 16.5. The van der Waals surface area contributed by atoms with Crippen molar-refractivity contribution in [1.82, 2.24) is 0 Å². The van der Waals surface area contributed by atoms with Crippen LogP contribution >= 0.6 is 0 Å². The highest BCUT2D eigenvalue weighted by molar-refractivity contribution is 5.95. The van der Waals surface area contributed by atoms with Gasteiger partial charge in [-0.1, -0.05) is 47.9 Å². The predicted molar refractivity (Wildman–Crippen MR) is 117 cm³/mol. The molecule has 1 heterocycles. The Bertz CT molecular complexity index is 1190. The third kappa shape index (κ3) is 4.11. The molecule has 0 unspecified atom stereocenters. The zero-order chi connectivity index (χ0) is 20.8. The van der Waals surface area contributed by atoms with Gasteiger partial charge in [-0.05, 0) is 35.4 Å². The van der Waals surface area contributed by atoms with Crippen molar-refractivity contribution in [2.24, 2.45) is 0 Å². The molecule has 0 saturated heterocycles. The van der Waals surface area contributed by atoms with Crippen LogP contribution in [0.5, 0.6) is 11.5 Å². The first-order valence-corrected chi connectivity index (χ1v) is 9.69. The van der Waals surface area contributed by atoms with Crippen molar-refractivity contribution in [3.63, 3.8) is 0 Å². The second-order valence-corrected chi connectivity index (χ2v) is 6.73. The normalized spacial score (nSPS) is 11.8. The van der Waals surface area contributed by atoms with Crippen LogP contribution in [0.3, 0.4) is 0 Å². The SMILES string of the molecule is COc1ccccc1C#CCOCC#Cc1c2c(cc3c(OC)cccc13)COC2. The fourth-order valence-electron chi connectivity index (χ4n) is 3.53. The second kappa shape index (κ2) is 9.37. The summed E-state index contributed by atoms with van der Waals surface area (Å²) in [5.41, 5.74) is 4.15. The van der Waals surface area contributed by atoms with Crippen molar-refractivity contribution >= 4 is 10.8 Å². The van der Waals surface area contributed by atoms with Gasteiger partial charge in [0, 0.05) is 16.3 Å². The second-order valence-electron chi connectivity index (χ2n) is 6.73. The van der Waals surface area contributed by atoms with E-state index in [0.29, 0.717) is 26.4 Å². The number of rotatable bonds is 4. The number of hydrogen-bond donors (Lipinski definition) is 0. The third-order valence-electron chi connectivity index (χ3n) is 4.96. The van der Waals surface area contributed by atoms with Crippen molar-refractivity contribution in [3.8, 4) is 35.2 Å². The van der Waals surface area contributed by atoms with Crippen molar-refractivity contribution in [3.05, 3.63) is 70.8 Å². The number of benzene rings is 3. The summed E-state index contributed by atoms with van der Waals surface area (Å²) in [5, 5.41) is 2.12. The maximum atomic E-state index is 5.65. The highest BCUT2D eigenvalue weighted by Crippen LogP contribution is 2.35. The van der Waals surface area contributed by atoms with Gasteiger partial charge in [-0.15, -0.1) is 0 Å². The Balaban J connectivity index is 1.48. The molecule has 4 rings (SSSR count).